The molecule has 1 aliphatic rings. The second kappa shape index (κ2) is 3.38. The number of aromatic nitrogens is 1. The monoisotopic (exact) mass is 181 g/mol. The highest BCUT2D eigenvalue weighted by Crippen LogP contribution is 2.23. The largest absolute Gasteiger partial charge is 0.347 e. The van der Waals surface area contributed by atoms with E-state index in [-0.39, 0.29) is 0 Å². The Balaban J connectivity index is 2.34. The van der Waals surface area contributed by atoms with Gasteiger partial charge in [0.05, 0.1) is 5.69 Å². The van der Waals surface area contributed by atoms with Gasteiger partial charge >= 0.3 is 0 Å². The quantitative estimate of drug-likeness (QED) is 0.682. The second-order valence-electron chi connectivity index (χ2n) is 3.56. The van der Waals surface area contributed by atoms with E-state index in [1.807, 2.05) is 19.0 Å². The second-order valence-corrected chi connectivity index (χ2v) is 3.56. The van der Waals surface area contributed by atoms with Crippen LogP contribution in [0.2, 0.25) is 0 Å². The molecule has 0 saturated heterocycles. The van der Waals surface area contributed by atoms with Crippen molar-refractivity contribution >= 4 is 5.88 Å². The maximum absolute atomic E-state index is 5.28. The molecule has 72 valence electrons. The van der Waals surface area contributed by atoms with E-state index in [0.29, 0.717) is 0 Å². The molecule has 2 heterocycles. The van der Waals surface area contributed by atoms with Crippen molar-refractivity contribution in [2.75, 3.05) is 32.1 Å². The molecule has 0 unspecified atom stereocenters. The lowest BCUT2D eigenvalue weighted by atomic mass is 10.1. The summed E-state index contributed by atoms with van der Waals surface area (Å²) in [5.74, 6) is 0.915. The van der Waals surface area contributed by atoms with Crippen molar-refractivity contribution in [1.82, 2.24) is 10.5 Å². The minimum absolute atomic E-state index is 0.915. The fourth-order valence-electron chi connectivity index (χ4n) is 1.68. The summed E-state index contributed by atoms with van der Waals surface area (Å²) in [5, 5.41) is 7.43. The van der Waals surface area contributed by atoms with Crippen LogP contribution in [-0.2, 0) is 12.8 Å². The predicted molar refractivity (Wildman–Crippen MR) is 51.1 cm³/mol. The number of hydrogen-bond acceptors (Lipinski definition) is 4. The van der Waals surface area contributed by atoms with Crippen LogP contribution in [0, 0.1) is 0 Å². The zero-order valence-electron chi connectivity index (χ0n) is 8.13. The van der Waals surface area contributed by atoms with Gasteiger partial charge in [-0.05, 0) is 13.0 Å². The Morgan fingerprint density at radius 3 is 2.85 bits per heavy atom. The van der Waals surface area contributed by atoms with Gasteiger partial charge in [-0.3, -0.25) is 0 Å². The molecule has 1 aromatic heterocycles. The molecule has 0 atom stereocenters. The topological polar surface area (TPSA) is 41.3 Å². The molecule has 1 aromatic rings. The first-order valence-corrected chi connectivity index (χ1v) is 4.64. The first kappa shape index (κ1) is 8.56. The van der Waals surface area contributed by atoms with Crippen LogP contribution in [0.25, 0.3) is 0 Å². The highest BCUT2D eigenvalue weighted by Gasteiger charge is 2.18. The Morgan fingerprint density at radius 2 is 2.08 bits per heavy atom. The molecule has 2 rings (SSSR count). The smallest absolute Gasteiger partial charge is 0.230 e. The van der Waals surface area contributed by atoms with Gasteiger partial charge in [0, 0.05) is 32.6 Å². The zero-order chi connectivity index (χ0) is 9.26. The van der Waals surface area contributed by atoms with Gasteiger partial charge in [-0.2, -0.15) is 0 Å². The molecule has 0 aliphatic carbocycles. The van der Waals surface area contributed by atoms with Crippen molar-refractivity contribution in [3.05, 3.63) is 11.3 Å². The molecule has 4 nitrogen and oxygen atoms in total. The van der Waals surface area contributed by atoms with Crippen molar-refractivity contribution in [3.63, 3.8) is 0 Å². The number of rotatable bonds is 1. The van der Waals surface area contributed by atoms with Crippen molar-refractivity contribution in [1.29, 1.82) is 0 Å². The van der Waals surface area contributed by atoms with Crippen LogP contribution >= 0.6 is 0 Å². The normalized spacial score (nSPS) is 16.5. The van der Waals surface area contributed by atoms with E-state index >= 15 is 0 Å². The van der Waals surface area contributed by atoms with Crippen molar-refractivity contribution in [3.8, 4) is 0 Å². The van der Waals surface area contributed by atoms with Gasteiger partial charge in [-0.25, -0.2) is 0 Å². The van der Waals surface area contributed by atoms with E-state index < -0.39 is 0 Å². The predicted octanol–water partition coefficient (Wildman–Crippen LogP) is 0.429. The van der Waals surface area contributed by atoms with E-state index in [4.69, 9.17) is 4.52 Å². The molecule has 1 aliphatic heterocycles. The maximum Gasteiger partial charge on any atom is 0.230 e. The number of nitrogens with zero attached hydrogens (tertiary/aromatic N) is 2. The molecule has 0 saturated carbocycles. The summed E-state index contributed by atoms with van der Waals surface area (Å²) in [7, 11) is 3.97. The van der Waals surface area contributed by atoms with Crippen LogP contribution in [0.4, 0.5) is 5.88 Å². The molecule has 0 radical (unpaired) electrons. The standard InChI is InChI=1S/C9H15N3O/c1-12(2)9-7-3-5-10-6-4-8(7)11-13-9/h10H,3-6H2,1-2H3. The fraction of sp³-hybridized carbons (Fsp3) is 0.667. The highest BCUT2D eigenvalue weighted by atomic mass is 16.5. The third kappa shape index (κ3) is 1.54. The Kier molecular flexibility index (Phi) is 2.22. The van der Waals surface area contributed by atoms with Gasteiger partial charge in [0.25, 0.3) is 0 Å². The third-order valence-corrected chi connectivity index (χ3v) is 2.35. The average Bonchev–Trinajstić information content (AvgIpc) is 2.36. The van der Waals surface area contributed by atoms with E-state index in [0.717, 1.165) is 37.5 Å². The summed E-state index contributed by atoms with van der Waals surface area (Å²) in [6.45, 7) is 2.03. The average molecular weight is 181 g/mol. The van der Waals surface area contributed by atoms with Gasteiger partial charge in [-0.1, -0.05) is 5.16 Å². The summed E-state index contributed by atoms with van der Waals surface area (Å²) < 4.78 is 5.28. The lowest BCUT2D eigenvalue weighted by molar-refractivity contribution is 0.413. The number of anilines is 1. The highest BCUT2D eigenvalue weighted by molar-refractivity contribution is 5.45. The summed E-state index contributed by atoms with van der Waals surface area (Å²) in [6, 6.07) is 0. The Hall–Kier alpha value is -1.03. The molecule has 0 aromatic carbocycles. The summed E-state index contributed by atoms with van der Waals surface area (Å²) in [4.78, 5) is 1.98. The molecule has 0 fully saturated rings. The molecule has 0 amide bonds. The first-order valence-electron chi connectivity index (χ1n) is 4.64. The van der Waals surface area contributed by atoms with E-state index in [2.05, 4.69) is 10.5 Å². The van der Waals surface area contributed by atoms with Crippen molar-refractivity contribution in [2.45, 2.75) is 12.8 Å². The van der Waals surface area contributed by atoms with Crippen molar-refractivity contribution in [2.24, 2.45) is 0 Å². The van der Waals surface area contributed by atoms with Crippen LogP contribution < -0.4 is 10.2 Å². The molecule has 13 heavy (non-hydrogen) atoms. The summed E-state index contributed by atoms with van der Waals surface area (Å²) in [6.07, 6.45) is 2.00. The molecule has 0 bridgehead atoms. The fourth-order valence-corrected chi connectivity index (χ4v) is 1.68. The molecule has 1 N–H and O–H groups in total. The SMILES string of the molecule is CN(C)c1onc2c1CCNCC2. The van der Waals surface area contributed by atoms with Gasteiger partial charge in [0.15, 0.2) is 0 Å². The van der Waals surface area contributed by atoms with E-state index in [1.165, 1.54) is 5.56 Å². The number of nitrogens with one attached hydrogen (secondary N) is 1. The molecular weight excluding hydrogens is 166 g/mol. The number of fused-ring (bicyclic) bond motifs is 1. The van der Waals surface area contributed by atoms with E-state index in [1.54, 1.807) is 0 Å². The van der Waals surface area contributed by atoms with Gasteiger partial charge in [-0.15, -0.1) is 0 Å². The van der Waals surface area contributed by atoms with Crippen LogP contribution in [0.3, 0.4) is 0 Å². The Morgan fingerprint density at radius 1 is 1.31 bits per heavy atom. The molecule has 0 spiro atoms. The Labute approximate surface area is 77.9 Å². The minimum Gasteiger partial charge on any atom is -0.347 e. The van der Waals surface area contributed by atoms with Gasteiger partial charge in [0.2, 0.25) is 5.88 Å². The lowest BCUT2D eigenvalue weighted by Crippen LogP contribution is -2.17. The van der Waals surface area contributed by atoms with Crippen LogP contribution in [0.5, 0.6) is 0 Å². The minimum atomic E-state index is 0.915. The first-order chi connectivity index (χ1) is 6.29. The van der Waals surface area contributed by atoms with Crippen molar-refractivity contribution < 1.29 is 4.52 Å². The summed E-state index contributed by atoms with van der Waals surface area (Å²) in [5.41, 5.74) is 2.39. The van der Waals surface area contributed by atoms with E-state index in [9.17, 15) is 0 Å². The molecule has 4 heteroatoms. The van der Waals surface area contributed by atoms with Crippen LogP contribution in [0.1, 0.15) is 11.3 Å². The van der Waals surface area contributed by atoms with Gasteiger partial charge in [0.1, 0.15) is 0 Å². The zero-order valence-corrected chi connectivity index (χ0v) is 8.13. The molecular formula is C9H15N3O. The maximum atomic E-state index is 5.28. The Bertz CT molecular complexity index is 293. The van der Waals surface area contributed by atoms with Gasteiger partial charge < -0.3 is 14.7 Å². The summed E-state index contributed by atoms with van der Waals surface area (Å²) >= 11 is 0. The van der Waals surface area contributed by atoms with Crippen LogP contribution in [-0.4, -0.2) is 32.3 Å². The third-order valence-electron chi connectivity index (χ3n) is 2.35. The lowest BCUT2D eigenvalue weighted by Gasteiger charge is -2.08. The number of hydrogen-bond donors (Lipinski definition) is 1. The van der Waals surface area contributed by atoms with Crippen LogP contribution in [0.15, 0.2) is 4.52 Å².